The second-order valence-electron chi connectivity index (χ2n) is 3.50. The molecule has 0 radical (unpaired) electrons. The third kappa shape index (κ3) is 3.77. The second-order valence-corrected chi connectivity index (χ2v) is 3.50. The fourth-order valence-corrected chi connectivity index (χ4v) is 0.652. The lowest BCUT2D eigenvalue weighted by Gasteiger charge is -2.12. The van der Waals surface area contributed by atoms with Gasteiger partial charge in [0.1, 0.15) is 0 Å². The fraction of sp³-hybridized carbons (Fsp3) is 0.556. The molecule has 0 aromatic carbocycles. The minimum absolute atomic E-state index is 0.0463. The van der Waals surface area contributed by atoms with Gasteiger partial charge in [0.15, 0.2) is 0 Å². The zero-order valence-electron chi connectivity index (χ0n) is 7.84. The van der Waals surface area contributed by atoms with Crippen LogP contribution in [0.2, 0.25) is 0 Å². The number of ether oxygens (including phenoxy) is 1. The van der Waals surface area contributed by atoms with Gasteiger partial charge < -0.3 is 4.74 Å². The van der Waals surface area contributed by atoms with E-state index in [4.69, 9.17) is 6.57 Å². The van der Waals surface area contributed by atoms with E-state index in [2.05, 4.69) is 9.58 Å². The summed E-state index contributed by atoms with van der Waals surface area (Å²) in [5.41, 5.74) is -0.126. The summed E-state index contributed by atoms with van der Waals surface area (Å²) in [5.74, 6) is -0.570. The van der Waals surface area contributed by atoms with E-state index >= 15 is 0 Å². The predicted octanol–water partition coefficient (Wildman–Crippen LogP) is 2.01. The van der Waals surface area contributed by atoms with E-state index in [1.165, 1.54) is 7.11 Å². The minimum Gasteiger partial charge on any atom is -0.474 e. The predicted molar refractivity (Wildman–Crippen MR) is 46.2 cm³/mol. The van der Waals surface area contributed by atoms with E-state index in [0.717, 1.165) is 0 Å². The number of carbonyl (C=O) groups excluding carboxylic acids is 1. The Kier molecular flexibility index (Phi) is 3.49. The molecule has 0 aromatic rings. The first-order valence-corrected chi connectivity index (χ1v) is 3.59. The van der Waals surface area contributed by atoms with E-state index in [9.17, 15) is 4.79 Å². The van der Waals surface area contributed by atoms with Crippen molar-refractivity contribution < 1.29 is 9.53 Å². The Labute approximate surface area is 72.8 Å². The van der Waals surface area contributed by atoms with Gasteiger partial charge in [-0.25, -0.2) is 4.85 Å². The van der Waals surface area contributed by atoms with Crippen molar-refractivity contribution >= 4 is 5.97 Å². The quantitative estimate of drug-likeness (QED) is 0.340. The summed E-state index contributed by atoms with van der Waals surface area (Å²) in [6.45, 7) is 12.5. The largest absolute Gasteiger partial charge is 0.474 e. The van der Waals surface area contributed by atoms with Crippen LogP contribution < -0.4 is 0 Å². The number of hydrogen-bond donors (Lipinski definition) is 0. The second kappa shape index (κ2) is 3.91. The standard InChI is InChI=1S/C9H13NO2/c1-9(2,3)6-7(10-4)8(11)12-5/h6H,1-3,5H3/b7-6-. The van der Waals surface area contributed by atoms with Crippen molar-refractivity contribution in [3.63, 3.8) is 0 Å². The maximum absolute atomic E-state index is 10.9. The number of nitrogens with zero attached hydrogens (tertiary/aromatic N) is 1. The fourth-order valence-electron chi connectivity index (χ4n) is 0.652. The third-order valence-corrected chi connectivity index (χ3v) is 1.08. The van der Waals surface area contributed by atoms with Gasteiger partial charge in [-0.2, -0.15) is 0 Å². The van der Waals surface area contributed by atoms with Gasteiger partial charge in [-0.15, -0.1) is 0 Å². The maximum Gasteiger partial charge on any atom is 0.335 e. The van der Waals surface area contributed by atoms with Gasteiger partial charge in [0, 0.05) is 0 Å². The third-order valence-electron chi connectivity index (χ3n) is 1.08. The highest BCUT2D eigenvalue weighted by Gasteiger charge is 2.14. The molecule has 0 N–H and O–H groups in total. The van der Waals surface area contributed by atoms with Crippen molar-refractivity contribution in [3.05, 3.63) is 23.2 Å². The zero-order valence-corrected chi connectivity index (χ0v) is 7.84. The lowest BCUT2D eigenvalue weighted by atomic mass is 9.95. The Morgan fingerprint density at radius 1 is 1.50 bits per heavy atom. The minimum atomic E-state index is -0.570. The highest BCUT2D eigenvalue weighted by molar-refractivity contribution is 5.90. The molecule has 0 rings (SSSR count). The van der Waals surface area contributed by atoms with Crippen LogP contribution in [-0.2, 0) is 9.53 Å². The van der Waals surface area contributed by atoms with Crippen molar-refractivity contribution in [2.24, 2.45) is 5.41 Å². The Bertz CT molecular complexity index is 240. The van der Waals surface area contributed by atoms with Crippen LogP contribution in [0.25, 0.3) is 4.85 Å². The summed E-state index contributed by atoms with van der Waals surface area (Å²) < 4.78 is 4.43. The van der Waals surface area contributed by atoms with E-state index in [1.54, 1.807) is 6.08 Å². The molecular formula is C9H13NO2. The van der Waals surface area contributed by atoms with E-state index < -0.39 is 5.97 Å². The molecule has 0 unspecified atom stereocenters. The van der Waals surface area contributed by atoms with Crippen molar-refractivity contribution in [1.29, 1.82) is 0 Å². The number of methoxy groups -OCH3 is 1. The number of rotatable bonds is 1. The molecule has 3 heteroatoms. The molecule has 0 aliphatic rings. The van der Waals surface area contributed by atoms with Crippen LogP contribution in [0.5, 0.6) is 0 Å². The topological polar surface area (TPSA) is 30.7 Å². The van der Waals surface area contributed by atoms with Crippen LogP contribution in [0.1, 0.15) is 20.8 Å². The number of hydrogen-bond acceptors (Lipinski definition) is 2. The summed E-state index contributed by atoms with van der Waals surface area (Å²) >= 11 is 0. The summed E-state index contributed by atoms with van der Waals surface area (Å²) in [6, 6.07) is 0. The summed E-state index contributed by atoms with van der Waals surface area (Å²) in [7, 11) is 1.27. The normalized spacial score (nSPS) is 12.1. The smallest absolute Gasteiger partial charge is 0.335 e. The van der Waals surface area contributed by atoms with Crippen molar-refractivity contribution in [1.82, 2.24) is 0 Å². The van der Waals surface area contributed by atoms with Crippen LogP contribution >= 0.6 is 0 Å². The SMILES string of the molecule is [C-]#[N+]/C(=C\C(C)(C)C)C(=O)OC. The van der Waals surface area contributed by atoms with Crippen molar-refractivity contribution in [3.8, 4) is 0 Å². The van der Waals surface area contributed by atoms with Crippen molar-refractivity contribution in [2.45, 2.75) is 20.8 Å². The first kappa shape index (κ1) is 10.7. The molecule has 0 aromatic heterocycles. The average Bonchev–Trinajstić information content (AvgIpc) is 1.97. The van der Waals surface area contributed by atoms with E-state index in [0.29, 0.717) is 0 Å². The number of esters is 1. The average molecular weight is 167 g/mol. The summed E-state index contributed by atoms with van der Waals surface area (Å²) in [5, 5.41) is 0. The highest BCUT2D eigenvalue weighted by atomic mass is 16.5. The van der Waals surface area contributed by atoms with Crippen LogP contribution in [0, 0.1) is 12.0 Å². The number of allylic oxidation sites excluding steroid dienone is 1. The lowest BCUT2D eigenvalue weighted by Crippen LogP contribution is -2.07. The summed E-state index contributed by atoms with van der Waals surface area (Å²) in [4.78, 5) is 14.0. The summed E-state index contributed by atoms with van der Waals surface area (Å²) in [6.07, 6.45) is 1.60. The molecule has 0 heterocycles. The van der Waals surface area contributed by atoms with Crippen LogP contribution in [0.4, 0.5) is 0 Å². The molecule has 0 fully saturated rings. The monoisotopic (exact) mass is 167 g/mol. The first-order valence-electron chi connectivity index (χ1n) is 3.59. The molecule has 3 nitrogen and oxygen atoms in total. The molecule has 0 aliphatic heterocycles. The van der Waals surface area contributed by atoms with E-state index in [1.807, 2.05) is 20.8 Å². The van der Waals surface area contributed by atoms with Crippen LogP contribution in [0.15, 0.2) is 11.8 Å². The van der Waals surface area contributed by atoms with Crippen molar-refractivity contribution in [2.75, 3.05) is 7.11 Å². The molecule has 66 valence electrons. The van der Waals surface area contributed by atoms with Gasteiger partial charge in [-0.1, -0.05) is 26.8 Å². The molecule has 0 spiro atoms. The Hall–Kier alpha value is -1.30. The molecule has 0 saturated carbocycles. The van der Waals surface area contributed by atoms with Crippen LogP contribution in [-0.4, -0.2) is 13.1 Å². The van der Waals surface area contributed by atoms with Gasteiger partial charge in [0.2, 0.25) is 0 Å². The van der Waals surface area contributed by atoms with Crippen LogP contribution in [0.3, 0.4) is 0 Å². The van der Waals surface area contributed by atoms with Gasteiger partial charge in [0.05, 0.1) is 13.7 Å². The first-order chi connectivity index (χ1) is 5.40. The molecule has 0 atom stereocenters. The lowest BCUT2D eigenvalue weighted by molar-refractivity contribution is -0.135. The maximum atomic E-state index is 10.9. The zero-order chi connectivity index (χ0) is 9.78. The number of carbonyl (C=O) groups is 1. The highest BCUT2D eigenvalue weighted by Crippen LogP contribution is 2.18. The Balaban J connectivity index is 4.71. The Morgan fingerprint density at radius 2 is 2.00 bits per heavy atom. The van der Waals surface area contributed by atoms with Gasteiger partial charge in [0.25, 0.3) is 5.70 Å². The molecule has 0 bridgehead atoms. The van der Waals surface area contributed by atoms with E-state index in [-0.39, 0.29) is 11.1 Å². The molecule has 0 amide bonds. The van der Waals surface area contributed by atoms with Gasteiger partial charge in [-0.3, -0.25) is 4.79 Å². The van der Waals surface area contributed by atoms with Gasteiger partial charge >= 0.3 is 5.97 Å². The molecule has 0 aliphatic carbocycles. The molecular weight excluding hydrogens is 154 g/mol. The molecule has 12 heavy (non-hydrogen) atoms. The van der Waals surface area contributed by atoms with Gasteiger partial charge in [-0.05, 0) is 5.41 Å². The molecule has 0 saturated heterocycles. The Morgan fingerprint density at radius 3 is 2.25 bits per heavy atom.